The highest BCUT2D eigenvalue weighted by Crippen LogP contribution is 2.34. The van der Waals surface area contributed by atoms with Crippen molar-refractivity contribution in [3.8, 4) is 0 Å². The van der Waals surface area contributed by atoms with Crippen LogP contribution in [0.3, 0.4) is 0 Å². The molecule has 0 saturated heterocycles. The van der Waals surface area contributed by atoms with Gasteiger partial charge in [0.05, 0.1) is 9.83 Å². The molecule has 1 heterocycles. The Morgan fingerprint density at radius 1 is 1.28 bits per heavy atom. The second-order valence-corrected chi connectivity index (χ2v) is 7.15. The molecular weight excluding hydrogens is 381 g/mol. The van der Waals surface area contributed by atoms with Gasteiger partial charge in [-0.3, -0.25) is 0 Å². The van der Waals surface area contributed by atoms with Crippen LogP contribution in [-0.4, -0.2) is 6.54 Å². The van der Waals surface area contributed by atoms with Crippen molar-refractivity contribution in [3.05, 3.63) is 54.8 Å². The zero-order valence-corrected chi connectivity index (χ0v) is 13.7. The van der Waals surface area contributed by atoms with Gasteiger partial charge in [-0.05, 0) is 58.4 Å². The van der Waals surface area contributed by atoms with Crippen LogP contribution >= 0.6 is 43.2 Å². The average Bonchev–Trinajstić information content (AvgIpc) is 2.76. The van der Waals surface area contributed by atoms with Gasteiger partial charge in [0, 0.05) is 9.35 Å². The number of hydrogen-bond acceptors (Lipinski definition) is 2. The van der Waals surface area contributed by atoms with Crippen molar-refractivity contribution < 1.29 is 4.39 Å². The minimum atomic E-state index is -0.216. The Bertz CT molecular complexity index is 542. The second kappa shape index (κ2) is 6.28. The highest BCUT2D eigenvalue weighted by Gasteiger charge is 2.18. The molecule has 0 aliphatic heterocycles. The fourth-order valence-corrected chi connectivity index (χ4v) is 3.78. The Morgan fingerprint density at radius 3 is 2.67 bits per heavy atom. The van der Waals surface area contributed by atoms with Crippen LogP contribution in [0.4, 0.5) is 4.39 Å². The molecule has 0 amide bonds. The molecule has 2 rings (SSSR count). The van der Waals surface area contributed by atoms with E-state index in [1.165, 1.54) is 6.07 Å². The van der Waals surface area contributed by atoms with Gasteiger partial charge in [-0.25, -0.2) is 4.39 Å². The SMILES string of the molecule is CCNC(c1ccc(Br)s1)c1cc(F)ccc1Br. The lowest BCUT2D eigenvalue weighted by Crippen LogP contribution is -2.21. The fraction of sp³-hybridized carbons (Fsp3) is 0.231. The molecule has 1 nitrogen and oxygen atoms in total. The molecule has 1 aromatic heterocycles. The molecule has 0 saturated carbocycles. The summed E-state index contributed by atoms with van der Waals surface area (Å²) in [4.78, 5) is 1.16. The highest BCUT2D eigenvalue weighted by atomic mass is 79.9. The van der Waals surface area contributed by atoms with Gasteiger partial charge >= 0.3 is 0 Å². The van der Waals surface area contributed by atoms with E-state index in [-0.39, 0.29) is 11.9 Å². The summed E-state index contributed by atoms with van der Waals surface area (Å²) >= 11 is 8.61. The summed E-state index contributed by atoms with van der Waals surface area (Å²) in [5.74, 6) is -0.216. The van der Waals surface area contributed by atoms with Gasteiger partial charge in [0.15, 0.2) is 0 Å². The molecule has 96 valence electrons. The zero-order chi connectivity index (χ0) is 13.1. The van der Waals surface area contributed by atoms with Crippen LogP contribution in [0.25, 0.3) is 0 Å². The van der Waals surface area contributed by atoms with E-state index in [9.17, 15) is 4.39 Å². The first-order valence-corrected chi connectivity index (χ1v) is 7.95. The van der Waals surface area contributed by atoms with Gasteiger partial charge in [0.1, 0.15) is 5.82 Å². The molecule has 5 heteroatoms. The number of halogens is 3. The summed E-state index contributed by atoms with van der Waals surface area (Å²) in [6, 6.07) is 8.86. The van der Waals surface area contributed by atoms with Gasteiger partial charge < -0.3 is 5.32 Å². The molecule has 18 heavy (non-hydrogen) atoms. The third-order valence-electron chi connectivity index (χ3n) is 2.56. The normalized spacial score (nSPS) is 12.7. The molecule has 0 aliphatic rings. The Morgan fingerprint density at radius 2 is 2.06 bits per heavy atom. The number of benzene rings is 1. The largest absolute Gasteiger partial charge is 0.306 e. The first-order chi connectivity index (χ1) is 8.61. The summed E-state index contributed by atoms with van der Waals surface area (Å²) < 4.78 is 15.4. The van der Waals surface area contributed by atoms with E-state index in [1.807, 2.05) is 13.0 Å². The molecule has 1 N–H and O–H groups in total. The summed E-state index contributed by atoms with van der Waals surface area (Å²) in [7, 11) is 0. The Balaban J connectivity index is 2.44. The Kier molecular flexibility index (Phi) is 4.95. The van der Waals surface area contributed by atoms with Crippen LogP contribution in [-0.2, 0) is 0 Å². The minimum absolute atomic E-state index is 0.0105. The quantitative estimate of drug-likeness (QED) is 0.762. The maximum atomic E-state index is 13.4. The van der Waals surface area contributed by atoms with Gasteiger partial charge in [-0.15, -0.1) is 11.3 Å². The highest BCUT2D eigenvalue weighted by molar-refractivity contribution is 9.11. The summed E-state index contributed by atoms with van der Waals surface area (Å²) in [6.07, 6.45) is 0. The van der Waals surface area contributed by atoms with E-state index in [0.717, 1.165) is 25.2 Å². The van der Waals surface area contributed by atoms with E-state index in [2.05, 4.69) is 43.2 Å². The average molecular weight is 393 g/mol. The van der Waals surface area contributed by atoms with Crippen molar-refractivity contribution in [3.63, 3.8) is 0 Å². The van der Waals surface area contributed by atoms with Crippen LogP contribution in [0.2, 0.25) is 0 Å². The van der Waals surface area contributed by atoms with E-state index < -0.39 is 0 Å². The molecular formula is C13H12Br2FNS. The van der Waals surface area contributed by atoms with Crippen molar-refractivity contribution in [2.75, 3.05) is 6.54 Å². The van der Waals surface area contributed by atoms with E-state index in [4.69, 9.17) is 0 Å². The number of thiophene rings is 1. The maximum Gasteiger partial charge on any atom is 0.123 e. The van der Waals surface area contributed by atoms with E-state index in [1.54, 1.807) is 23.5 Å². The number of hydrogen-bond donors (Lipinski definition) is 1. The molecule has 0 fully saturated rings. The van der Waals surface area contributed by atoms with Crippen LogP contribution in [0, 0.1) is 5.82 Å². The van der Waals surface area contributed by atoms with Crippen LogP contribution in [0.15, 0.2) is 38.6 Å². The monoisotopic (exact) mass is 391 g/mol. The standard InChI is InChI=1S/C13H12Br2FNS/c1-2-17-13(11-5-6-12(15)18-11)9-7-8(16)3-4-10(9)14/h3-7,13,17H,2H2,1H3. The van der Waals surface area contributed by atoms with Crippen molar-refractivity contribution in [2.24, 2.45) is 0 Å². The van der Waals surface area contributed by atoms with E-state index in [0.29, 0.717) is 0 Å². The predicted molar refractivity (Wildman–Crippen MR) is 81.6 cm³/mol. The first-order valence-electron chi connectivity index (χ1n) is 5.55. The zero-order valence-electron chi connectivity index (χ0n) is 9.71. The van der Waals surface area contributed by atoms with Gasteiger partial charge in [0.25, 0.3) is 0 Å². The van der Waals surface area contributed by atoms with Crippen LogP contribution in [0.5, 0.6) is 0 Å². The second-order valence-electron chi connectivity index (χ2n) is 3.80. The van der Waals surface area contributed by atoms with Gasteiger partial charge in [-0.2, -0.15) is 0 Å². The van der Waals surface area contributed by atoms with Gasteiger partial charge in [-0.1, -0.05) is 22.9 Å². The minimum Gasteiger partial charge on any atom is -0.306 e. The topological polar surface area (TPSA) is 12.0 Å². The molecule has 1 aromatic carbocycles. The molecule has 0 aliphatic carbocycles. The molecule has 0 bridgehead atoms. The van der Waals surface area contributed by atoms with Crippen molar-refractivity contribution in [2.45, 2.75) is 13.0 Å². The summed E-state index contributed by atoms with van der Waals surface area (Å²) in [6.45, 7) is 2.87. The molecule has 1 unspecified atom stereocenters. The maximum absolute atomic E-state index is 13.4. The van der Waals surface area contributed by atoms with Crippen molar-refractivity contribution >= 4 is 43.2 Å². The van der Waals surface area contributed by atoms with Crippen LogP contribution < -0.4 is 5.32 Å². The van der Waals surface area contributed by atoms with Crippen molar-refractivity contribution in [1.29, 1.82) is 0 Å². The van der Waals surface area contributed by atoms with Crippen LogP contribution in [0.1, 0.15) is 23.4 Å². The Hall–Kier alpha value is -0.230. The fourth-order valence-electron chi connectivity index (χ4n) is 1.79. The lowest BCUT2D eigenvalue weighted by Gasteiger charge is -2.18. The smallest absolute Gasteiger partial charge is 0.123 e. The summed E-state index contributed by atoms with van der Waals surface area (Å²) in [5.41, 5.74) is 0.922. The van der Waals surface area contributed by atoms with Crippen molar-refractivity contribution in [1.82, 2.24) is 5.32 Å². The molecule has 1 atom stereocenters. The third kappa shape index (κ3) is 3.20. The number of rotatable bonds is 4. The first kappa shape index (κ1) is 14.2. The lowest BCUT2D eigenvalue weighted by molar-refractivity contribution is 0.605. The van der Waals surface area contributed by atoms with E-state index >= 15 is 0 Å². The molecule has 0 radical (unpaired) electrons. The summed E-state index contributed by atoms with van der Waals surface area (Å²) in [5, 5.41) is 3.39. The molecule has 0 spiro atoms. The lowest BCUT2D eigenvalue weighted by atomic mass is 10.1. The number of nitrogens with one attached hydrogen (secondary N) is 1. The predicted octanol–water partition coefficient (Wildman–Crippen LogP) is 5.11. The third-order valence-corrected chi connectivity index (χ3v) is 4.97. The molecule has 2 aromatic rings. The Labute approximate surface area is 127 Å². The van der Waals surface area contributed by atoms with Gasteiger partial charge in [0.2, 0.25) is 0 Å².